The van der Waals surface area contributed by atoms with E-state index in [9.17, 15) is 0 Å². The van der Waals surface area contributed by atoms with E-state index in [1.54, 1.807) is 0 Å². The third-order valence-electron chi connectivity index (χ3n) is 3.31. The van der Waals surface area contributed by atoms with E-state index >= 15 is 0 Å². The van der Waals surface area contributed by atoms with Crippen LogP contribution in [0.1, 0.15) is 37.4 Å². The second-order valence-electron chi connectivity index (χ2n) is 4.85. The fourth-order valence-electron chi connectivity index (χ4n) is 2.09. The molecule has 0 aromatic carbocycles. The van der Waals surface area contributed by atoms with Crippen LogP contribution in [0.25, 0.3) is 0 Å². The van der Waals surface area contributed by atoms with Crippen LogP contribution in [0.5, 0.6) is 0 Å². The summed E-state index contributed by atoms with van der Waals surface area (Å²) >= 11 is 0. The topological polar surface area (TPSA) is 58.5 Å². The van der Waals surface area contributed by atoms with Crippen molar-refractivity contribution in [3.8, 4) is 0 Å². The SMILES string of the molecule is CCCCn1ccnc1NCCCc1cn[nH]c1C. The number of hydrogen-bond donors (Lipinski definition) is 2. The highest BCUT2D eigenvalue weighted by Gasteiger charge is 2.02. The zero-order chi connectivity index (χ0) is 13.5. The number of H-pyrrole nitrogens is 1. The molecule has 2 N–H and O–H groups in total. The van der Waals surface area contributed by atoms with Gasteiger partial charge in [-0.3, -0.25) is 5.10 Å². The number of aryl methyl sites for hydroxylation is 3. The molecule has 0 radical (unpaired) electrons. The number of aromatic amines is 1. The van der Waals surface area contributed by atoms with Gasteiger partial charge in [-0.05, 0) is 31.7 Å². The van der Waals surface area contributed by atoms with Crippen molar-refractivity contribution < 1.29 is 0 Å². The smallest absolute Gasteiger partial charge is 0.202 e. The summed E-state index contributed by atoms with van der Waals surface area (Å²) in [5.41, 5.74) is 2.47. The molecule has 2 aromatic heterocycles. The Morgan fingerprint density at radius 1 is 1.37 bits per heavy atom. The summed E-state index contributed by atoms with van der Waals surface area (Å²) < 4.78 is 2.19. The maximum atomic E-state index is 4.35. The van der Waals surface area contributed by atoms with Crippen molar-refractivity contribution in [3.05, 3.63) is 29.8 Å². The first kappa shape index (κ1) is 13.6. The molecule has 2 heterocycles. The highest BCUT2D eigenvalue weighted by Crippen LogP contribution is 2.08. The van der Waals surface area contributed by atoms with Gasteiger partial charge in [0, 0.05) is 31.2 Å². The predicted octanol–water partition coefficient (Wildman–Crippen LogP) is 2.76. The Labute approximate surface area is 114 Å². The van der Waals surface area contributed by atoms with Gasteiger partial charge < -0.3 is 9.88 Å². The number of aromatic nitrogens is 4. The van der Waals surface area contributed by atoms with E-state index in [-0.39, 0.29) is 0 Å². The van der Waals surface area contributed by atoms with Gasteiger partial charge in [-0.25, -0.2) is 4.98 Å². The Balaban J connectivity index is 1.73. The fraction of sp³-hybridized carbons (Fsp3) is 0.571. The summed E-state index contributed by atoms with van der Waals surface area (Å²) in [5, 5.41) is 10.4. The first-order chi connectivity index (χ1) is 9.31. The third kappa shape index (κ3) is 3.84. The van der Waals surface area contributed by atoms with Crippen LogP contribution in [0, 0.1) is 6.92 Å². The van der Waals surface area contributed by atoms with Crippen molar-refractivity contribution in [2.24, 2.45) is 0 Å². The van der Waals surface area contributed by atoms with E-state index in [1.165, 1.54) is 24.1 Å². The Kier molecular flexibility index (Phi) is 5.01. The number of hydrogen-bond acceptors (Lipinski definition) is 3. The summed E-state index contributed by atoms with van der Waals surface area (Å²) in [6, 6.07) is 0. The minimum Gasteiger partial charge on any atom is -0.356 e. The van der Waals surface area contributed by atoms with Crippen LogP contribution >= 0.6 is 0 Å². The third-order valence-corrected chi connectivity index (χ3v) is 3.31. The van der Waals surface area contributed by atoms with Gasteiger partial charge in [-0.2, -0.15) is 5.10 Å². The predicted molar refractivity (Wildman–Crippen MR) is 77.3 cm³/mol. The van der Waals surface area contributed by atoms with E-state index in [4.69, 9.17) is 0 Å². The van der Waals surface area contributed by atoms with Crippen molar-refractivity contribution >= 4 is 5.95 Å². The van der Waals surface area contributed by atoms with Crippen molar-refractivity contribution in [2.75, 3.05) is 11.9 Å². The minimum atomic E-state index is 0.938. The molecule has 0 spiro atoms. The Morgan fingerprint density at radius 2 is 2.26 bits per heavy atom. The van der Waals surface area contributed by atoms with Gasteiger partial charge in [-0.1, -0.05) is 13.3 Å². The molecule has 0 saturated heterocycles. The molecule has 0 aliphatic rings. The largest absolute Gasteiger partial charge is 0.356 e. The normalized spacial score (nSPS) is 10.8. The molecule has 5 heteroatoms. The first-order valence-corrected chi connectivity index (χ1v) is 7.05. The number of anilines is 1. The molecule has 0 fully saturated rings. The number of rotatable bonds is 8. The second-order valence-corrected chi connectivity index (χ2v) is 4.85. The first-order valence-electron chi connectivity index (χ1n) is 7.05. The highest BCUT2D eigenvalue weighted by molar-refractivity contribution is 5.25. The van der Waals surface area contributed by atoms with E-state index < -0.39 is 0 Å². The number of unbranched alkanes of at least 4 members (excludes halogenated alkanes) is 1. The van der Waals surface area contributed by atoms with E-state index in [0.29, 0.717) is 0 Å². The summed E-state index contributed by atoms with van der Waals surface area (Å²) in [6.45, 7) is 6.25. The van der Waals surface area contributed by atoms with Crippen LogP contribution in [0.15, 0.2) is 18.6 Å². The number of nitrogens with one attached hydrogen (secondary N) is 2. The summed E-state index contributed by atoms with van der Waals surface area (Å²) in [4.78, 5) is 4.35. The van der Waals surface area contributed by atoms with Gasteiger partial charge in [-0.15, -0.1) is 0 Å². The zero-order valence-electron chi connectivity index (χ0n) is 11.8. The Morgan fingerprint density at radius 3 is 3.00 bits per heavy atom. The fourth-order valence-corrected chi connectivity index (χ4v) is 2.09. The summed E-state index contributed by atoms with van der Waals surface area (Å²) in [7, 11) is 0. The van der Waals surface area contributed by atoms with E-state index in [1.807, 2.05) is 18.6 Å². The van der Waals surface area contributed by atoms with Crippen LogP contribution in [0.4, 0.5) is 5.95 Å². The van der Waals surface area contributed by atoms with Crippen LogP contribution < -0.4 is 5.32 Å². The van der Waals surface area contributed by atoms with Gasteiger partial charge in [0.05, 0.1) is 6.20 Å². The standard InChI is InChI=1S/C14H23N5/c1-3-4-9-19-10-8-16-14(19)15-7-5-6-13-11-17-18-12(13)2/h8,10-11H,3-7,9H2,1-2H3,(H,15,16)(H,17,18). The number of imidazole rings is 1. The van der Waals surface area contributed by atoms with Crippen molar-refractivity contribution in [1.29, 1.82) is 0 Å². The Bertz CT molecular complexity index is 485. The average Bonchev–Trinajstić information content (AvgIpc) is 3.01. The Hall–Kier alpha value is -1.78. The molecule has 104 valence electrons. The second kappa shape index (κ2) is 6.97. The molecule has 0 unspecified atom stereocenters. The summed E-state index contributed by atoms with van der Waals surface area (Å²) in [6.07, 6.45) is 10.3. The number of nitrogens with zero attached hydrogens (tertiary/aromatic N) is 3. The molecule has 2 aromatic rings. The molecule has 0 aliphatic carbocycles. The van der Waals surface area contributed by atoms with Crippen molar-refractivity contribution in [3.63, 3.8) is 0 Å². The molecular weight excluding hydrogens is 238 g/mol. The van der Waals surface area contributed by atoms with Gasteiger partial charge in [0.25, 0.3) is 0 Å². The van der Waals surface area contributed by atoms with Crippen LogP contribution in [-0.2, 0) is 13.0 Å². The molecule has 2 rings (SSSR count). The van der Waals surface area contributed by atoms with Crippen LogP contribution in [0.3, 0.4) is 0 Å². The van der Waals surface area contributed by atoms with Gasteiger partial charge in [0.15, 0.2) is 0 Å². The lowest BCUT2D eigenvalue weighted by atomic mass is 10.1. The van der Waals surface area contributed by atoms with Crippen LogP contribution in [-0.4, -0.2) is 26.3 Å². The minimum absolute atomic E-state index is 0.938. The molecular formula is C14H23N5. The zero-order valence-corrected chi connectivity index (χ0v) is 11.8. The molecule has 0 aliphatic heterocycles. The molecule has 0 bridgehead atoms. The lowest BCUT2D eigenvalue weighted by Gasteiger charge is -2.09. The van der Waals surface area contributed by atoms with E-state index in [0.717, 1.165) is 31.9 Å². The maximum Gasteiger partial charge on any atom is 0.202 e. The monoisotopic (exact) mass is 261 g/mol. The van der Waals surface area contributed by atoms with Crippen LogP contribution in [0.2, 0.25) is 0 Å². The average molecular weight is 261 g/mol. The molecule has 0 atom stereocenters. The lowest BCUT2D eigenvalue weighted by molar-refractivity contribution is 0.634. The van der Waals surface area contributed by atoms with Crippen molar-refractivity contribution in [1.82, 2.24) is 19.7 Å². The maximum absolute atomic E-state index is 4.35. The quantitative estimate of drug-likeness (QED) is 0.718. The highest BCUT2D eigenvalue weighted by atomic mass is 15.2. The van der Waals surface area contributed by atoms with E-state index in [2.05, 4.69) is 38.9 Å². The van der Waals surface area contributed by atoms with Gasteiger partial charge >= 0.3 is 0 Å². The van der Waals surface area contributed by atoms with Gasteiger partial charge in [0.1, 0.15) is 0 Å². The molecule has 5 nitrogen and oxygen atoms in total. The molecule has 0 saturated carbocycles. The summed E-state index contributed by atoms with van der Waals surface area (Å²) in [5.74, 6) is 0.984. The molecule has 19 heavy (non-hydrogen) atoms. The molecule has 0 amide bonds. The lowest BCUT2D eigenvalue weighted by Crippen LogP contribution is -2.09. The van der Waals surface area contributed by atoms with Gasteiger partial charge in [0.2, 0.25) is 5.95 Å². The van der Waals surface area contributed by atoms with Crippen molar-refractivity contribution in [2.45, 2.75) is 46.1 Å².